The summed E-state index contributed by atoms with van der Waals surface area (Å²) in [5, 5.41) is 3.45. The van der Waals surface area contributed by atoms with Gasteiger partial charge in [0.05, 0.1) is 17.2 Å². The van der Waals surface area contributed by atoms with Crippen LogP contribution < -0.4 is 10.0 Å². The molecule has 156 valence electrons. The van der Waals surface area contributed by atoms with Gasteiger partial charge in [-0.3, -0.25) is 4.79 Å². The number of rotatable bonds is 7. The number of sulfonamides is 1. The van der Waals surface area contributed by atoms with E-state index in [-0.39, 0.29) is 34.2 Å². The fourth-order valence-electron chi connectivity index (χ4n) is 3.08. The molecule has 9 heteroatoms. The predicted octanol–water partition coefficient (Wildman–Crippen LogP) is 3.94. The first-order valence-electron chi connectivity index (χ1n) is 9.23. The number of amides is 1. The van der Waals surface area contributed by atoms with E-state index in [4.69, 9.17) is 27.9 Å². The van der Waals surface area contributed by atoms with Gasteiger partial charge in [-0.25, -0.2) is 13.1 Å². The summed E-state index contributed by atoms with van der Waals surface area (Å²) in [6.07, 6.45) is 1.57. The van der Waals surface area contributed by atoms with E-state index in [1.165, 1.54) is 18.2 Å². The Morgan fingerprint density at radius 1 is 1.24 bits per heavy atom. The number of nitrogens with one attached hydrogen (secondary N) is 2. The largest absolute Gasteiger partial charge is 0.377 e. The second-order valence-electron chi connectivity index (χ2n) is 6.88. The van der Waals surface area contributed by atoms with Gasteiger partial charge in [0.25, 0.3) is 5.91 Å². The van der Waals surface area contributed by atoms with Gasteiger partial charge in [-0.05, 0) is 55.7 Å². The van der Waals surface area contributed by atoms with Crippen molar-refractivity contribution in [1.29, 1.82) is 0 Å². The van der Waals surface area contributed by atoms with Crippen molar-refractivity contribution < 1.29 is 17.9 Å². The van der Waals surface area contributed by atoms with E-state index in [0.29, 0.717) is 11.6 Å². The SMILES string of the molecule is C[C@@H](NC(=O)c1ccc(Cl)c(S(=O)(=O)NC[C@H]2CCCO2)c1)c1cccc(Cl)c1. The van der Waals surface area contributed by atoms with Crippen LogP contribution in [0.5, 0.6) is 0 Å². The molecule has 3 rings (SSSR count). The lowest BCUT2D eigenvalue weighted by Gasteiger charge is -2.16. The number of carbonyl (C=O) groups is 1. The molecule has 29 heavy (non-hydrogen) atoms. The van der Waals surface area contributed by atoms with Crippen molar-refractivity contribution in [3.8, 4) is 0 Å². The summed E-state index contributed by atoms with van der Waals surface area (Å²) in [7, 11) is -3.88. The average Bonchev–Trinajstić information content (AvgIpc) is 3.20. The molecule has 1 saturated heterocycles. The Labute approximate surface area is 180 Å². The number of benzene rings is 2. The highest BCUT2D eigenvalue weighted by Gasteiger charge is 2.23. The molecule has 0 radical (unpaired) electrons. The summed E-state index contributed by atoms with van der Waals surface area (Å²) in [5.41, 5.74) is 1.03. The summed E-state index contributed by atoms with van der Waals surface area (Å²) < 4.78 is 33.3. The van der Waals surface area contributed by atoms with Gasteiger partial charge < -0.3 is 10.1 Å². The summed E-state index contributed by atoms with van der Waals surface area (Å²) in [6.45, 7) is 2.62. The third-order valence-corrected chi connectivity index (χ3v) is 6.84. The van der Waals surface area contributed by atoms with Gasteiger partial charge in [0.2, 0.25) is 10.0 Å². The second-order valence-corrected chi connectivity index (χ2v) is 9.46. The summed E-state index contributed by atoms with van der Waals surface area (Å²) >= 11 is 12.1. The number of carbonyl (C=O) groups excluding carboxylic acids is 1. The molecular formula is C20H22Cl2N2O4S. The van der Waals surface area contributed by atoms with Crippen LogP contribution in [0.15, 0.2) is 47.4 Å². The van der Waals surface area contributed by atoms with E-state index < -0.39 is 15.9 Å². The van der Waals surface area contributed by atoms with E-state index >= 15 is 0 Å². The smallest absolute Gasteiger partial charge is 0.251 e. The molecule has 1 aliphatic heterocycles. The quantitative estimate of drug-likeness (QED) is 0.660. The molecule has 2 atom stereocenters. The van der Waals surface area contributed by atoms with Gasteiger partial charge >= 0.3 is 0 Å². The zero-order valence-electron chi connectivity index (χ0n) is 15.8. The summed E-state index contributed by atoms with van der Waals surface area (Å²) in [5.74, 6) is -0.412. The van der Waals surface area contributed by atoms with Crippen molar-refractivity contribution in [3.63, 3.8) is 0 Å². The highest BCUT2D eigenvalue weighted by atomic mass is 35.5. The molecule has 0 bridgehead atoms. The van der Waals surface area contributed by atoms with Crippen LogP contribution in [0.2, 0.25) is 10.0 Å². The number of halogens is 2. The maximum Gasteiger partial charge on any atom is 0.251 e. The molecule has 1 fully saturated rings. The first-order chi connectivity index (χ1) is 13.8. The van der Waals surface area contributed by atoms with Gasteiger partial charge in [-0.15, -0.1) is 0 Å². The van der Waals surface area contributed by atoms with Gasteiger partial charge in [0, 0.05) is 23.7 Å². The molecule has 2 aromatic carbocycles. The molecule has 0 saturated carbocycles. The van der Waals surface area contributed by atoms with Crippen LogP contribution >= 0.6 is 23.2 Å². The van der Waals surface area contributed by atoms with Crippen LogP contribution in [0.25, 0.3) is 0 Å². The minimum atomic E-state index is -3.88. The van der Waals surface area contributed by atoms with Crippen molar-refractivity contribution >= 4 is 39.1 Å². The lowest BCUT2D eigenvalue weighted by molar-refractivity contribution is 0.0939. The third kappa shape index (κ3) is 5.71. The molecular weight excluding hydrogens is 435 g/mol. The van der Waals surface area contributed by atoms with E-state index in [0.717, 1.165) is 18.4 Å². The highest BCUT2D eigenvalue weighted by molar-refractivity contribution is 7.89. The zero-order chi connectivity index (χ0) is 21.0. The molecule has 2 aromatic rings. The van der Waals surface area contributed by atoms with Crippen LogP contribution in [-0.2, 0) is 14.8 Å². The van der Waals surface area contributed by atoms with Crippen LogP contribution in [0.4, 0.5) is 0 Å². The summed E-state index contributed by atoms with van der Waals surface area (Å²) in [6, 6.07) is 11.0. The van der Waals surface area contributed by atoms with E-state index in [2.05, 4.69) is 10.0 Å². The van der Waals surface area contributed by atoms with Crippen LogP contribution in [0.3, 0.4) is 0 Å². The Hall–Kier alpha value is -1.64. The molecule has 1 amide bonds. The fourth-order valence-corrected chi connectivity index (χ4v) is 4.86. The van der Waals surface area contributed by atoms with E-state index in [9.17, 15) is 13.2 Å². The Morgan fingerprint density at radius 2 is 2.03 bits per heavy atom. The monoisotopic (exact) mass is 456 g/mol. The van der Waals surface area contributed by atoms with Gasteiger partial charge in [0.1, 0.15) is 4.90 Å². The Balaban J connectivity index is 1.74. The van der Waals surface area contributed by atoms with Crippen LogP contribution in [0, 0.1) is 0 Å². The number of hydrogen-bond donors (Lipinski definition) is 2. The van der Waals surface area contributed by atoms with Gasteiger partial charge in [-0.1, -0.05) is 35.3 Å². The topological polar surface area (TPSA) is 84.5 Å². The molecule has 0 unspecified atom stereocenters. The first-order valence-corrected chi connectivity index (χ1v) is 11.5. The Kier molecular flexibility index (Phi) is 7.19. The van der Waals surface area contributed by atoms with Gasteiger partial charge in [-0.2, -0.15) is 0 Å². The Bertz CT molecular complexity index is 992. The predicted molar refractivity (Wildman–Crippen MR) is 113 cm³/mol. The third-order valence-electron chi connectivity index (χ3n) is 4.70. The number of hydrogen-bond acceptors (Lipinski definition) is 4. The molecule has 0 aromatic heterocycles. The fraction of sp³-hybridized carbons (Fsp3) is 0.350. The van der Waals surface area contributed by atoms with Crippen molar-refractivity contribution in [2.45, 2.75) is 36.8 Å². The molecule has 1 aliphatic rings. The molecule has 2 N–H and O–H groups in total. The van der Waals surface area contributed by atoms with Crippen molar-refractivity contribution in [2.75, 3.05) is 13.2 Å². The zero-order valence-corrected chi connectivity index (χ0v) is 18.2. The summed E-state index contributed by atoms with van der Waals surface area (Å²) in [4.78, 5) is 12.5. The van der Waals surface area contributed by atoms with Crippen molar-refractivity contribution in [3.05, 3.63) is 63.6 Å². The molecule has 0 aliphatic carbocycles. The average molecular weight is 457 g/mol. The normalized spacial score (nSPS) is 17.8. The maximum atomic E-state index is 12.7. The maximum absolute atomic E-state index is 12.7. The lowest BCUT2D eigenvalue weighted by Crippen LogP contribution is -2.32. The van der Waals surface area contributed by atoms with E-state index in [1.54, 1.807) is 18.2 Å². The highest BCUT2D eigenvalue weighted by Crippen LogP contribution is 2.24. The number of ether oxygens (including phenoxy) is 1. The Morgan fingerprint density at radius 3 is 2.72 bits per heavy atom. The second kappa shape index (κ2) is 9.45. The van der Waals surface area contributed by atoms with Gasteiger partial charge in [0.15, 0.2) is 0 Å². The lowest BCUT2D eigenvalue weighted by atomic mass is 10.1. The minimum absolute atomic E-state index is 0.0456. The molecule has 6 nitrogen and oxygen atoms in total. The molecule has 1 heterocycles. The van der Waals surface area contributed by atoms with Crippen molar-refractivity contribution in [1.82, 2.24) is 10.0 Å². The van der Waals surface area contributed by atoms with Crippen molar-refractivity contribution in [2.24, 2.45) is 0 Å². The minimum Gasteiger partial charge on any atom is -0.377 e. The first kappa shape index (κ1) is 22.1. The standard InChI is InChI=1S/C20H22Cl2N2O4S/c1-13(14-4-2-5-16(21)10-14)24-20(25)15-7-8-18(22)19(11-15)29(26,27)23-12-17-6-3-9-28-17/h2,4-5,7-8,10-11,13,17,23H,3,6,9,12H2,1H3,(H,24,25)/t13-,17-/m1/s1. The van der Waals surface area contributed by atoms with E-state index in [1.807, 2.05) is 13.0 Å². The molecule has 0 spiro atoms. The van der Waals surface area contributed by atoms with Crippen LogP contribution in [-0.4, -0.2) is 33.6 Å². The van der Waals surface area contributed by atoms with Crippen LogP contribution in [0.1, 0.15) is 41.7 Å².